The monoisotopic (exact) mass is 410 g/mol. The van der Waals surface area contributed by atoms with Gasteiger partial charge in [0.25, 0.3) is 0 Å². The standard InChI is InChI=1S/C19H15BrN4S/c1-12-2-4-13(5-3-12)16-10-18(21)24(23-16)19-22-17(11-25-19)14-6-8-15(20)9-7-14/h2-11H,21H2,1H3. The predicted octanol–water partition coefficient (Wildman–Crippen LogP) is 5.32. The molecule has 0 aliphatic rings. The van der Waals surface area contributed by atoms with Crippen molar-refractivity contribution in [2.75, 3.05) is 5.73 Å². The van der Waals surface area contributed by atoms with Crippen LogP contribution in [0.25, 0.3) is 27.6 Å². The van der Waals surface area contributed by atoms with Gasteiger partial charge >= 0.3 is 0 Å². The predicted molar refractivity (Wildman–Crippen MR) is 107 cm³/mol. The first-order chi connectivity index (χ1) is 12.1. The summed E-state index contributed by atoms with van der Waals surface area (Å²) in [5.74, 6) is 0.576. The van der Waals surface area contributed by atoms with E-state index in [-0.39, 0.29) is 0 Å². The molecule has 2 aromatic heterocycles. The summed E-state index contributed by atoms with van der Waals surface area (Å²) in [4.78, 5) is 4.69. The van der Waals surface area contributed by atoms with Gasteiger partial charge in [-0.25, -0.2) is 4.98 Å². The van der Waals surface area contributed by atoms with E-state index in [4.69, 9.17) is 5.73 Å². The highest BCUT2D eigenvalue weighted by Gasteiger charge is 2.13. The van der Waals surface area contributed by atoms with Crippen molar-refractivity contribution in [1.29, 1.82) is 0 Å². The zero-order valence-corrected chi connectivity index (χ0v) is 15.9. The van der Waals surface area contributed by atoms with E-state index in [0.29, 0.717) is 5.82 Å². The smallest absolute Gasteiger partial charge is 0.212 e. The Bertz CT molecular complexity index is 1020. The Morgan fingerprint density at radius 3 is 2.32 bits per heavy atom. The Morgan fingerprint density at radius 2 is 1.60 bits per heavy atom. The van der Waals surface area contributed by atoms with Crippen molar-refractivity contribution in [2.24, 2.45) is 0 Å². The quantitative estimate of drug-likeness (QED) is 0.497. The zero-order valence-electron chi connectivity index (χ0n) is 13.5. The normalized spacial score (nSPS) is 11.0. The third-order valence-electron chi connectivity index (χ3n) is 3.90. The van der Waals surface area contributed by atoms with Crippen LogP contribution < -0.4 is 5.73 Å². The maximum absolute atomic E-state index is 6.17. The lowest BCUT2D eigenvalue weighted by atomic mass is 10.1. The molecule has 0 radical (unpaired) electrons. The van der Waals surface area contributed by atoms with E-state index in [2.05, 4.69) is 57.2 Å². The number of hydrogen-bond acceptors (Lipinski definition) is 4. The lowest BCUT2D eigenvalue weighted by Gasteiger charge is -1.99. The summed E-state index contributed by atoms with van der Waals surface area (Å²) in [6, 6.07) is 18.2. The van der Waals surface area contributed by atoms with Crippen molar-refractivity contribution in [2.45, 2.75) is 6.92 Å². The number of nitrogens with zero attached hydrogens (tertiary/aromatic N) is 3. The summed E-state index contributed by atoms with van der Waals surface area (Å²) in [6.45, 7) is 2.07. The summed E-state index contributed by atoms with van der Waals surface area (Å²) in [6.07, 6.45) is 0. The number of aryl methyl sites for hydroxylation is 1. The molecule has 124 valence electrons. The minimum Gasteiger partial charge on any atom is -0.383 e. The Labute approximate surface area is 158 Å². The van der Waals surface area contributed by atoms with Crippen LogP contribution in [0.3, 0.4) is 0 Å². The van der Waals surface area contributed by atoms with Crippen molar-refractivity contribution >= 4 is 33.1 Å². The van der Waals surface area contributed by atoms with Gasteiger partial charge in [0.15, 0.2) is 0 Å². The molecule has 0 aliphatic carbocycles. The fraction of sp³-hybridized carbons (Fsp3) is 0.0526. The first-order valence-corrected chi connectivity index (χ1v) is 9.42. The Morgan fingerprint density at radius 1 is 0.960 bits per heavy atom. The Hall–Kier alpha value is -2.44. The van der Waals surface area contributed by atoms with Gasteiger partial charge in [-0.15, -0.1) is 11.3 Å². The van der Waals surface area contributed by atoms with Crippen LogP contribution in [-0.4, -0.2) is 14.8 Å². The molecule has 0 aliphatic heterocycles. The molecule has 0 fully saturated rings. The van der Waals surface area contributed by atoms with E-state index in [0.717, 1.165) is 32.1 Å². The molecule has 6 heteroatoms. The molecule has 2 aromatic carbocycles. The van der Waals surface area contributed by atoms with Gasteiger partial charge in [0.1, 0.15) is 5.82 Å². The van der Waals surface area contributed by atoms with Gasteiger partial charge in [-0.3, -0.25) is 0 Å². The fourth-order valence-corrected chi connectivity index (χ4v) is 3.60. The van der Waals surface area contributed by atoms with Crippen LogP contribution in [0, 0.1) is 6.92 Å². The molecule has 25 heavy (non-hydrogen) atoms. The van der Waals surface area contributed by atoms with Crippen molar-refractivity contribution in [3.63, 3.8) is 0 Å². The van der Waals surface area contributed by atoms with Crippen LogP contribution in [0.5, 0.6) is 0 Å². The SMILES string of the molecule is Cc1ccc(-c2cc(N)n(-c3nc(-c4ccc(Br)cc4)cs3)n2)cc1. The highest BCUT2D eigenvalue weighted by molar-refractivity contribution is 9.10. The molecular formula is C19H15BrN4S. The van der Waals surface area contributed by atoms with Gasteiger partial charge in [-0.05, 0) is 19.1 Å². The summed E-state index contributed by atoms with van der Waals surface area (Å²) in [5, 5.41) is 7.41. The average molecular weight is 411 g/mol. The van der Waals surface area contributed by atoms with Crippen LogP contribution >= 0.6 is 27.3 Å². The number of anilines is 1. The van der Waals surface area contributed by atoms with Crippen LogP contribution in [-0.2, 0) is 0 Å². The lowest BCUT2D eigenvalue weighted by Crippen LogP contribution is -2.01. The van der Waals surface area contributed by atoms with Gasteiger partial charge in [0.05, 0.1) is 11.4 Å². The summed E-state index contributed by atoms with van der Waals surface area (Å²) < 4.78 is 2.74. The number of hydrogen-bond donors (Lipinski definition) is 1. The third-order valence-corrected chi connectivity index (χ3v) is 5.24. The Kier molecular flexibility index (Phi) is 4.15. The van der Waals surface area contributed by atoms with Gasteiger partial charge in [0, 0.05) is 27.0 Å². The second-order valence-corrected chi connectivity index (χ2v) is 7.51. The first kappa shape index (κ1) is 16.1. The van der Waals surface area contributed by atoms with Gasteiger partial charge in [-0.2, -0.15) is 9.78 Å². The Balaban J connectivity index is 1.69. The molecular weight excluding hydrogens is 396 g/mol. The van der Waals surface area contributed by atoms with E-state index >= 15 is 0 Å². The fourth-order valence-electron chi connectivity index (χ4n) is 2.53. The van der Waals surface area contributed by atoms with E-state index < -0.39 is 0 Å². The second kappa shape index (κ2) is 6.46. The number of nitrogens with two attached hydrogens (primary N) is 1. The highest BCUT2D eigenvalue weighted by atomic mass is 79.9. The molecule has 0 saturated carbocycles. The minimum absolute atomic E-state index is 0.576. The van der Waals surface area contributed by atoms with Gasteiger partial charge < -0.3 is 5.73 Å². The maximum Gasteiger partial charge on any atom is 0.212 e. The maximum atomic E-state index is 6.17. The van der Waals surface area contributed by atoms with Crippen molar-refractivity contribution < 1.29 is 0 Å². The molecule has 0 bridgehead atoms. The van der Waals surface area contributed by atoms with Crippen LogP contribution in [0.15, 0.2) is 64.5 Å². The molecule has 4 aromatic rings. The van der Waals surface area contributed by atoms with Gasteiger partial charge in [-0.1, -0.05) is 57.9 Å². The number of halogens is 1. The van der Waals surface area contributed by atoms with Crippen molar-refractivity contribution in [1.82, 2.24) is 14.8 Å². The summed E-state index contributed by atoms with van der Waals surface area (Å²) in [5.41, 5.74) is 11.3. The molecule has 0 spiro atoms. The van der Waals surface area contributed by atoms with Crippen LogP contribution in [0.2, 0.25) is 0 Å². The number of nitrogen functional groups attached to an aromatic ring is 1. The number of rotatable bonds is 3. The topological polar surface area (TPSA) is 56.7 Å². The van der Waals surface area contributed by atoms with Crippen molar-refractivity contribution in [3.05, 3.63) is 70.0 Å². The minimum atomic E-state index is 0.576. The number of thiazole rings is 1. The molecule has 0 atom stereocenters. The summed E-state index contributed by atoms with van der Waals surface area (Å²) >= 11 is 4.97. The largest absolute Gasteiger partial charge is 0.383 e. The number of aromatic nitrogens is 3. The molecule has 0 amide bonds. The van der Waals surface area contributed by atoms with Crippen molar-refractivity contribution in [3.8, 4) is 27.6 Å². The highest BCUT2D eigenvalue weighted by Crippen LogP contribution is 2.28. The van der Waals surface area contributed by atoms with Crippen LogP contribution in [0.1, 0.15) is 5.56 Å². The zero-order chi connectivity index (χ0) is 17.4. The molecule has 4 nitrogen and oxygen atoms in total. The van der Waals surface area contributed by atoms with Gasteiger partial charge in [0.2, 0.25) is 5.13 Å². The van der Waals surface area contributed by atoms with E-state index in [1.54, 1.807) is 4.68 Å². The molecule has 4 rings (SSSR count). The van der Waals surface area contributed by atoms with E-state index in [1.165, 1.54) is 16.9 Å². The molecule has 0 saturated heterocycles. The molecule has 0 unspecified atom stereocenters. The lowest BCUT2D eigenvalue weighted by molar-refractivity contribution is 0.884. The molecule has 2 N–H and O–H groups in total. The number of benzene rings is 2. The van der Waals surface area contributed by atoms with E-state index in [9.17, 15) is 0 Å². The first-order valence-electron chi connectivity index (χ1n) is 7.74. The summed E-state index contributed by atoms with van der Waals surface area (Å²) in [7, 11) is 0. The molecule has 2 heterocycles. The second-order valence-electron chi connectivity index (χ2n) is 5.75. The average Bonchev–Trinajstić information content (AvgIpc) is 3.23. The van der Waals surface area contributed by atoms with E-state index in [1.807, 2.05) is 35.7 Å². The van der Waals surface area contributed by atoms with Crippen LogP contribution in [0.4, 0.5) is 5.82 Å². The third kappa shape index (κ3) is 3.23.